The number of hydrogen-bond acceptors (Lipinski definition) is 1. The summed E-state index contributed by atoms with van der Waals surface area (Å²) in [6.07, 6.45) is 9.02. The van der Waals surface area contributed by atoms with Crippen molar-refractivity contribution in [2.24, 2.45) is 5.92 Å². The molecule has 1 saturated carbocycles. The van der Waals surface area contributed by atoms with E-state index in [1.54, 1.807) is 12.1 Å². The number of hydrogen-bond donors (Lipinski definition) is 0. The zero-order chi connectivity index (χ0) is 19.9. The van der Waals surface area contributed by atoms with Crippen LogP contribution in [-0.4, -0.2) is 16.0 Å². The summed E-state index contributed by atoms with van der Waals surface area (Å²) in [5.41, 5.74) is 3.83. The molecule has 152 valence electrons. The normalized spacial score (nSPS) is 15.1. The average molecular weight is 391 g/mol. The quantitative estimate of drug-likeness (QED) is 0.441. The van der Waals surface area contributed by atoms with Gasteiger partial charge < -0.3 is 4.57 Å². The van der Waals surface area contributed by atoms with Crippen LogP contribution in [0.4, 0.5) is 4.39 Å². The molecule has 0 saturated heterocycles. The summed E-state index contributed by atoms with van der Waals surface area (Å²) in [5.74, 6) is 0.635. The van der Waals surface area contributed by atoms with E-state index in [0.717, 1.165) is 37.7 Å². The second-order valence-electron chi connectivity index (χ2n) is 8.41. The highest BCUT2D eigenvalue weighted by atomic mass is 19.1. The molecule has 1 aliphatic carbocycles. The third-order valence-corrected chi connectivity index (χ3v) is 6.07. The van der Waals surface area contributed by atoms with Crippen molar-refractivity contribution in [1.82, 2.24) is 9.47 Å². The monoisotopic (exact) mass is 390 g/mol. The molecule has 4 rings (SSSR count). The van der Waals surface area contributed by atoms with Crippen LogP contribution in [-0.2, 0) is 19.6 Å². The molecule has 3 aromatic rings. The first-order valence-corrected chi connectivity index (χ1v) is 10.9. The van der Waals surface area contributed by atoms with E-state index in [1.165, 1.54) is 43.4 Å². The Bertz CT molecular complexity index is 863. The SMILES string of the molecule is Fc1ccc(Cn2cccc2CN(Cc2ccccc2)CC2CCCCC2)cc1. The van der Waals surface area contributed by atoms with Gasteiger partial charge in [-0.05, 0) is 54.2 Å². The molecule has 0 amide bonds. The van der Waals surface area contributed by atoms with Crippen molar-refractivity contribution in [3.8, 4) is 0 Å². The van der Waals surface area contributed by atoms with E-state index in [-0.39, 0.29) is 5.82 Å². The zero-order valence-electron chi connectivity index (χ0n) is 17.1. The highest BCUT2D eigenvalue weighted by molar-refractivity contribution is 5.19. The molecule has 2 nitrogen and oxygen atoms in total. The first kappa shape index (κ1) is 19.9. The Hall–Kier alpha value is -2.39. The van der Waals surface area contributed by atoms with Gasteiger partial charge in [-0.15, -0.1) is 0 Å². The van der Waals surface area contributed by atoms with Crippen LogP contribution in [0, 0.1) is 11.7 Å². The molecule has 0 spiro atoms. The number of aromatic nitrogens is 1. The van der Waals surface area contributed by atoms with Gasteiger partial charge in [0.15, 0.2) is 0 Å². The predicted molar refractivity (Wildman–Crippen MR) is 117 cm³/mol. The molecular weight excluding hydrogens is 359 g/mol. The zero-order valence-corrected chi connectivity index (χ0v) is 17.1. The van der Waals surface area contributed by atoms with Crippen LogP contribution >= 0.6 is 0 Å². The largest absolute Gasteiger partial charge is 0.346 e. The van der Waals surface area contributed by atoms with Gasteiger partial charge in [0, 0.05) is 38.1 Å². The second kappa shape index (κ2) is 9.89. The van der Waals surface area contributed by atoms with Crippen LogP contribution < -0.4 is 0 Å². The topological polar surface area (TPSA) is 8.17 Å². The van der Waals surface area contributed by atoms with Crippen molar-refractivity contribution in [3.05, 3.63) is 95.6 Å². The maximum Gasteiger partial charge on any atom is 0.123 e. The minimum Gasteiger partial charge on any atom is -0.346 e. The molecule has 2 aromatic carbocycles. The Morgan fingerprint density at radius 3 is 2.31 bits per heavy atom. The van der Waals surface area contributed by atoms with Crippen molar-refractivity contribution in [3.63, 3.8) is 0 Å². The minimum absolute atomic E-state index is 0.178. The lowest BCUT2D eigenvalue weighted by Crippen LogP contribution is -2.30. The van der Waals surface area contributed by atoms with Crippen LogP contribution in [0.15, 0.2) is 72.9 Å². The summed E-state index contributed by atoms with van der Waals surface area (Å²) in [6.45, 7) is 3.88. The molecule has 29 heavy (non-hydrogen) atoms. The van der Waals surface area contributed by atoms with E-state index in [9.17, 15) is 4.39 Å². The predicted octanol–water partition coefficient (Wildman–Crippen LogP) is 6.26. The molecule has 1 heterocycles. The van der Waals surface area contributed by atoms with Crippen molar-refractivity contribution < 1.29 is 4.39 Å². The van der Waals surface area contributed by atoms with Crippen molar-refractivity contribution in [2.45, 2.75) is 51.7 Å². The van der Waals surface area contributed by atoms with Crippen LogP contribution in [0.25, 0.3) is 0 Å². The standard InChI is InChI=1S/C26H31FN2/c27-25-15-13-24(14-16-25)20-29-17-7-12-26(29)21-28(18-22-8-3-1-4-9-22)19-23-10-5-2-6-11-23/h1,3-4,7-9,12-17,23H,2,5-6,10-11,18-21H2. The first-order chi connectivity index (χ1) is 14.3. The van der Waals surface area contributed by atoms with Crippen LogP contribution in [0.2, 0.25) is 0 Å². The van der Waals surface area contributed by atoms with Gasteiger partial charge in [-0.2, -0.15) is 0 Å². The summed E-state index contributed by atoms with van der Waals surface area (Å²) >= 11 is 0. The summed E-state index contributed by atoms with van der Waals surface area (Å²) in [5, 5.41) is 0. The summed E-state index contributed by atoms with van der Waals surface area (Å²) in [6, 6.07) is 22.0. The van der Waals surface area contributed by atoms with E-state index in [0.29, 0.717) is 0 Å². The third kappa shape index (κ3) is 5.80. The number of halogens is 1. The molecule has 0 radical (unpaired) electrons. The van der Waals surface area contributed by atoms with E-state index in [4.69, 9.17) is 0 Å². The molecule has 0 bridgehead atoms. The van der Waals surface area contributed by atoms with Gasteiger partial charge >= 0.3 is 0 Å². The number of benzene rings is 2. The van der Waals surface area contributed by atoms with E-state index >= 15 is 0 Å². The van der Waals surface area contributed by atoms with Crippen molar-refractivity contribution >= 4 is 0 Å². The van der Waals surface area contributed by atoms with Crippen LogP contribution in [0.1, 0.15) is 48.9 Å². The molecule has 1 aromatic heterocycles. The average Bonchev–Trinajstić information content (AvgIpc) is 3.18. The molecule has 0 aliphatic heterocycles. The fourth-order valence-electron chi connectivity index (χ4n) is 4.52. The van der Waals surface area contributed by atoms with E-state index in [2.05, 4.69) is 58.1 Å². The van der Waals surface area contributed by atoms with Crippen molar-refractivity contribution in [1.29, 1.82) is 0 Å². The fraction of sp³-hybridized carbons (Fsp3) is 0.385. The maximum atomic E-state index is 13.2. The minimum atomic E-state index is -0.178. The first-order valence-electron chi connectivity index (χ1n) is 10.9. The molecule has 0 atom stereocenters. The van der Waals surface area contributed by atoms with Gasteiger partial charge in [0.1, 0.15) is 5.82 Å². The lowest BCUT2D eigenvalue weighted by atomic mass is 9.89. The molecule has 0 N–H and O–H groups in total. The molecular formula is C26H31FN2. The van der Waals surface area contributed by atoms with Gasteiger partial charge in [-0.25, -0.2) is 4.39 Å². The Labute approximate surface area is 174 Å². The Morgan fingerprint density at radius 2 is 1.55 bits per heavy atom. The lowest BCUT2D eigenvalue weighted by Gasteiger charge is -2.30. The van der Waals surface area contributed by atoms with Gasteiger partial charge in [0.2, 0.25) is 0 Å². The van der Waals surface area contributed by atoms with Gasteiger partial charge in [0.05, 0.1) is 0 Å². The molecule has 0 unspecified atom stereocenters. The van der Waals surface area contributed by atoms with Gasteiger partial charge in [-0.1, -0.05) is 61.7 Å². The summed E-state index contributed by atoms with van der Waals surface area (Å²) < 4.78 is 15.5. The fourth-order valence-corrected chi connectivity index (χ4v) is 4.52. The second-order valence-corrected chi connectivity index (χ2v) is 8.41. The highest BCUT2D eigenvalue weighted by Gasteiger charge is 2.18. The molecule has 3 heteroatoms. The van der Waals surface area contributed by atoms with Crippen molar-refractivity contribution in [2.75, 3.05) is 6.54 Å². The molecule has 1 aliphatic rings. The highest BCUT2D eigenvalue weighted by Crippen LogP contribution is 2.26. The van der Waals surface area contributed by atoms with E-state index in [1.807, 2.05) is 12.1 Å². The van der Waals surface area contributed by atoms with Crippen LogP contribution in [0.3, 0.4) is 0 Å². The van der Waals surface area contributed by atoms with Crippen LogP contribution in [0.5, 0.6) is 0 Å². The number of nitrogens with zero attached hydrogens (tertiary/aromatic N) is 2. The maximum absolute atomic E-state index is 13.2. The third-order valence-electron chi connectivity index (χ3n) is 6.07. The summed E-state index contributed by atoms with van der Waals surface area (Å²) in [4.78, 5) is 2.61. The Morgan fingerprint density at radius 1 is 0.793 bits per heavy atom. The summed E-state index contributed by atoms with van der Waals surface area (Å²) in [7, 11) is 0. The number of rotatable bonds is 8. The lowest BCUT2D eigenvalue weighted by molar-refractivity contribution is 0.183. The van der Waals surface area contributed by atoms with Gasteiger partial charge in [0.25, 0.3) is 0 Å². The molecule has 1 fully saturated rings. The van der Waals surface area contributed by atoms with Gasteiger partial charge in [-0.3, -0.25) is 4.90 Å². The van der Waals surface area contributed by atoms with E-state index < -0.39 is 0 Å². The Kier molecular flexibility index (Phi) is 6.79. The smallest absolute Gasteiger partial charge is 0.123 e. The Balaban J connectivity index is 1.47.